The molecule has 2 N–H and O–H groups in total. The van der Waals surface area contributed by atoms with Gasteiger partial charge in [0.25, 0.3) is 5.91 Å². The molecule has 0 atom stereocenters. The number of anilines is 1. The van der Waals surface area contributed by atoms with E-state index in [1.165, 1.54) is 6.20 Å². The summed E-state index contributed by atoms with van der Waals surface area (Å²) in [5.74, 6) is -4.57. The lowest BCUT2D eigenvalue weighted by Gasteiger charge is -2.07. The van der Waals surface area contributed by atoms with E-state index in [0.29, 0.717) is 6.07 Å². The van der Waals surface area contributed by atoms with Crippen molar-refractivity contribution in [1.82, 2.24) is 9.97 Å². The largest absolute Gasteiger partial charge is 0.476 e. The third kappa shape index (κ3) is 2.74. The summed E-state index contributed by atoms with van der Waals surface area (Å²) in [6, 6.07) is 2.40. The van der Waals surface area contributed by atoms with Gasteiger partial charge in [0.05, 0.1) is 5.56 Å². The summed E-state index contributed by atoms with van der Waals surface area (Å²) >= 11 is 0. The van der Waals surface area contributed by atoms with Gasteiger partial charge in [-0.05, 0) is 12.1 Å². The Kier molecular flexibility index (Phi) is 3.65. The topological polar surface area (TPSA) is 92.2 Å². The van der Waals surface area contributed by atoms with Crippen LogP contribution in [0.1, 0.15) is 20.8 Å². The summed E-state index contributed by atoms with van der Waals surface area (Å²) in [5, 5.41) is 11.0. The number of halogens is 2. The molecule has 0 aliphatic carbocycles. The van der Waals surface area contributed by atoms with Gasteiger partial charge in [-0.1, -0.05) is 0 Å². The third-order valence-electron chi connectivity index (χ3n) is 2.31. The van der Waals surface area contributed by atoms with Crippen molar-refractivity contribution in [2.24, 2.45) is 0 Å². The highest BCUT2D eigenvalue weighted by atomic mass is 19.1. The minimum atomic E-state index is -1.40. The second-order valence-corrected chi connectivity index (χ2v) is 3.64. The van der Waals surface area contributed by atoms with Crippen LogP contribution in [0, 0.1) is 11.6 Å². The Morgan fingerprint density at radius 3 is 2.50 bits per heavy atom. The van der Waals surface area contributed by atoms with E-state index in [9.17, 15) is 18.4 Å². The molecule has 20 heavy (non-hydrogen) atoms. The minimum absolute atomic E-state index is 0.325. The van der Waals surface area contributed by atoms with Gasteiger partial charge in [0.15, 0.2) is 11.5 Å². The van der Waals surface area contributed by atoms with E-state index in [0.717, 1.165) is 18.3 Å². The SMILES string of the molecule is O=C(Nc1nccnc1C(=O)O)c1ccc(F)cc1F. The zero-order chi connectivity index (χ0) is 14.7. The number of carbonyl (C=O) groups excluding carboxylic acids is 1. The lowest BCUT2D eigenvalue weighted by atomic mass is 10.2. The maximum Gasteiger partial charge on any atom is 0.358 e. The van der Waals surface area contributed by atoms with Gasteiger partial charge >= 0.3 is 5.97 Å². The van der Waals surface area contributed by atoms with Crippen molar-refractivity contribution in [2.75, 3.05) is 5.32 Å². The van der Waals surface area contributed by atoms with E-state index in [1.54, 1.807) is 0 Å². The summed E-state index contributed by atoms with van der Waals surface area (Å²) < 4.78 is 26.1. The van der Waals surface area contributed by atoms with Gasteiger partial charge in [0.1, 0.15) is 11.6 Å². The highest BCUT2D eigenvalue weighted by Gasteiger charge is 2.18. The van der Waals surface area contributed by atoms with Crippen LogP contribution in [0.3, 0.4) is 0 Å². The van der Waals surface area contributed by atoms with Crippen molar-refractivity contribution in [2.45, 2.75) is 0 Å². The van der Waals surface area contributed by atoms with Crippen LogP contribution in [0.25, 0.3) is 0 Å². The second kappa shape index (κ2) is 5.39. The molecule has 0 unspecified atom stereocenters. The fraction of sp³-hybridized carbons (Fsp3) is 0. The van der Waals surface area contributed by atoms with Crippen LogP contribution in [0.15, 0.2) is 30.6 Å². The zero-order valence-electron chi connectivity index (χ0n) is 9.80. The predicted octanol–water partition coefficient (Wildman–Crippen LogP) is 1.71. The highest BCUT2D eigenvalue weighted by molar-refractivity contribution is 6.06. The number of hydrogen-bond acceptors (Lipinski definition) is 4. The van der Waals surface area contributed by atoms with Crippen LogP contribution in [0.2, 0.25) is 0 Å². The summed E-state index contributed by atoms with van der Waals surface area (Å²) in [4.78, 5) is 29.8. The maximum absolute atomic E-state index is 13.4. The van der Waals surface area contributed by atoms with E-state index in [-0.39, 0.29) is 5.82 Å². The fourth-order valence-corrected chi connectivity index (χ4v) is 1.43. The van der Waals surface area contributed by atoms with Crippen LogP contribution in [0.4, 0.5) is 14.6 Å². The Morgan fingerprint density at radius 1 is 1.15 bits per heavy atom. The van der Waals surface area contributed by atoms with Crippen molar-refractivity contribution in [1.29, 1.82) is 0 Å². The molecule has 0 saturated carbocycles. The van der Waals surface area contributed by atoms with Crippen molar-refractivity contribution in [3.05, 3.63) is 53.5 Å². The molecule has 0 bridgehead atoms. The van der Waals surface area contributed by atoms with E-state index in [2.05, 4.69) is 15.3 Å². The highest BCUT2D eigenvalue weighted by Crippen LogP contribution is 2.13. The van der Waals surface area contributed by atoms with E-state index in [1.807, 2.05) is 0 Å². The molecule has 2 aromatic rings. The van der Waals surface area contributed by atoms with Gasteiger partial charge in [-0.25, -0.2) is 23.5 Å². The standard InChI is InChI=1S/C12H7F2N3O3/c13-6-1-2-7(8(14)5-6)11(18)17-10-9(12(19)20)15-3-4-16-10/h1-5H,(H,19,20)(H,16,17,18). The molecule has 0 spiro atoms. The number of aromatic carboxylic acids is 1. The van der Waals surface area contributed by atoms with Gasteiger partial charge in [0.2, 0.25) is 0 Å². The first-order valence-corrected chi connectivity index (χ1v) is 5.29. The Labute approximate surface area is 111 Å². The van der Waals surface area contributed by atoms with Crippen molar-refractivity contribution >= 4 is 17.7 Å². The summed E-state index contributed by atoms with van der Waals surface area (Å²) in [6.45, 7) is 0. The number of nitrogens with zero attached hydrogens (tertiary/aromatic N) is 2. The number of carboxylic acids is 1. The summed E-state index contributed by atoms with van der Waals surface area (Å²) in [7, 11) is 0. The second-order valence-electron chi connectivity index (χ2n) is 3.64. The third-order valence-corrected chi connectivity index (χ3v) is 2.31. The quantitative estimate of drug-likeness (QED) is 0.892. The molecule has 0 fully saturated rings. The molecule has 1 amide bonds. The fourth-order valence-electron chi connectivity index (χ4n) is 1.43. The van der Waals surface area contributed by atoms with Crippen LogP contribution in [0.5, 0.6) is 0 Å². The van der Waals surface area contributed by atoms with Crippen LogP contribution < -0.4 is 5.32 Å². The average molecular weight is 279 g/mol. The predicted molar refractivity (Wildman–Crippen MR) is 63.3 cm³/mol. The molecule has 0 saturated heterocycles. The molecule has 0 radical (unpaired) electrons. The first-order valence-electron chi connectivity index (χ1n) is 5.29. The molecule has 0 aliphatic rings. The number of hydrogen-bond donors (Lipinski definition) is 2. The lowest BCUT2D eigenvalue weighted by molar-refractivity contribution is 0.0691. The van der Waals surface area contributed by atoms with Gasteiger partial charge in [-0.15, -0.1) is 0 Å². The van der Waals surface area contributed by atoms with Gasteiger partial charge in [-0.2, -0.15) is 0 Å². The van der Waals surface area contributed by atoms with Gasteiger partial charge < -0.3 is 10.4 Å². The Morgan fingerprint density at radius 2 is 1.85 bits per heavy atom. The molecule has 2 rings (SSSR count). The molecule has 1 aromatic carbocycles. The smallest absolute Gasteiger partial charge is 0.358 e. The normalized spacial score (nSPS) is 10.1. The van der Waals surface area contributed by atoms with Crippen LogP contribution >= 0.6 is 0 Å². The molecule has 6 nitrogen and oxygen atoms in total. The number of nitrogens with one attached hydrogen (secondary N) is 1. The molecule has 8 heteroatoms. The van der Waals surface area contributed by atoms with Crippen LogP contribution in [-0.4, -0.2) is 27.0 Å². The summed E-state index contributed by atoms with van der Waals surface area (Å²) in [6.07, 6.45) is 2.31. The first kappa shape index (κ1) is 13.5. The number of benzene rings is 1. The van der Waals surface area contributed by atoms with Crippen molar-refractivity contribution in [3.8, 4) is 0 Å². The Balaban J connectivity index is 2.30. The number of aromatic nitrogens is 2. The molecule has 1 heterocycles. The van der Waals surface area contributed by atoms with Gasteiger partial charge in [-0.3, -0.25) is 4.79 Å². The van der Waals surface area contributed by atoms with E-state index >= 15 is 0 Å². The number of carbonyl (C=O) groups is 2. The maximum atomic E-state index is 13.4. The molecular weight excluding hydrogens is 272 g/mol. The van der Waals surface area contributed by atoms with E-state index < -0.39 is 34.8 Å². The summed E-state index contributed by atoms with van der Waals surface area (Å²) in [5.41, 5.74) is -0.920. The number of carboxylic acid groups (broad SMARTS) is 1. The molecular formula is C12H7F2N3O3. The number of amides is 1. The van der Waals surface area contributed by atoms with E-state index in [4.69, 9.17) is 5.11 Å². The average Bonchev–Trinajstić information content (AvgIpc) is 2.38. The van der Waals surface area contributed by atoms with Crippen molar-refractivity contribution in [3.63, 3.8) is 0 Å². The van der Waals surface area contributed by atoms with Crippen LogP contribution in [-0.2, 0) is 0 Å². The zero-order valence-corrected chi connectivity index (χ0v) is 9.80. The Hall–Kier alpha value is -2.90. The minimum Gasteiger partial charge on any atom is -0.476 e. The first-order chi connectivity index (χ1) is 9.49. The monoisotopic (exact) mass is 279 g/mol. The molecule has 1 aromatic heterocycles. The molecule has 102 valence electrons. The lowest BCUT2D eigenvalue weighted by Crippen LogP contribution is -2.18. The van der Waals surface area contributed by atoms with Gasteiger partial charge in [0, 0.05) is 18.5 Å². The number of rotatable bonds is 3. The Bertz CT molecular complexity index is 691. The molecule has 0 aliphatic heterocycles. The van der Waals surface area contributed by atoms with Crippen molar-refractivity contribution < 1.29 is 23.5 Å².